The first-order chi connectivity index (χ1) is 21.1. The number of carbonyl (C=O) groups excluding carboxylic acids is 3. The Morgan fingerprint density at radius 3 is 2.22 bits per heavy atom. The highest BCUT2D eigenvalue weighted by Gasteiger charge is 2.42. The summed E-state index contributed by atoms with van der Waals surface area (Å²) in [6.07, 6.45) is -7.99. The second kappa shape index (κ2) is 12.9. The van der Waals surface area contributed by atoms with Gasteiger partial charge in [-0.1, -0.05) is 50.2 Å². The smallest absolute Gasteiger partial charge is 0.435 e. The Balaban J connectivity index is 1.76. The maximum absolute atomic E-state index is 14.1. The number of carbonyl (C=O) groups is 4. The molecule has 2 heterocycles. The van der Waals surface area contributed by atoms with E-state index in [4.69, 9.17) is 10.5 Å². The van der Waals surface area contributed by atoms with Crippen molar-refractivity contribution in [3.05, 3.63) is 77.6 Å². The van der Waals surface area contributed by atoms with Crippen LogP contribution in [-0.4, -0.2) is 61.1 Å². The molecule has 11 nitrogen and oxygen atoms in total. The fourth-order valence-electron chi connectivity index (χ4n) is 5.05. The van der Waals surface area contributed by atoms with Crippen molar-refractivity contribution in [1.29, 1.82) is 0 Å². The van der Waals surface area contributed by atoms with Gasteiger partial charge in [-0.25, -0.2) is 4.68 Å². The lowest BCUT2D eigenvalue weighted by Gasteiger charge is -2.27. The summed E-state index contributed by atoms with van der Waals surface area (Å²) < 4.78 is 49.2. The highest BCUT2D eigenvalue weighted by molar-refractivity contribution is 6.12. The molecule has 2 aromatic carbocycles. The Kier molecular flexibility index (Phi) is 9.47. The number of aryl methyl sites for hydroxylation is 2. The van der Waals surface area contributed by atoms with Gasteiger partial charge >= 0.3 is 12.1 Å². The van der Waals surface area contributed by atoms with Gasteiger partial charge in [0.05, 0.1) is 24.2 Å². The van der Waals surface area contributed by atoms with Gasteiger partial charge < -0.3 is 25.5 Å². The molecule has 0 bridgehead atoms. The van der Waals surface area contributed by atoms with Crippen molar-refractivity contribution in [2.45, 2.75) is 51.6 Å². The number of hydrogen-bond donors (Lipinski definition) is 3. The van der Waals surface area contributed by atoms with Crippen molar-refractivity contribution in [3.63, 3.8) is 0 Å². The lowest BCUT2D eigenvalue weighted by Crippen LogP contribution is -2.55. The van der Waals surface area contributed by atoms with Crippen LogP contribution in [0.5, 0.6) is 5.88 Å². The second-order valence-electron chi connectivity index (χ2n) is 10.9. The average Bonchev–Trinajstić information content (AvgIpc) is 3.53. The standard InChI is InChI=1S/C31H32F3N5O6/c1-16(2)25(36-30(44)26-17(3)19-12-8-9-13-21(19)38(26)4)28(43)29(27(42)20(35)14-24(40)41)45-23-15-22(31(32,33)34)37-39(23)18-10-6-5-7-11-18/h5-13,15-16,20,25,29H,14,35H2,1-4H3,(H,36,44)(H,40,41)/t20?,25-,29?/m0/s1. The first-order valence-corrected chi connectivity index (χ1v) is 13.9. The molecule has 238 valence electrons. The molecule has 0 aliphatic heterocycles. The minimum Gasteiger partial charge on any atom is -0.481 e. The lowest BCUT2D eigenvalue weighted by atomic mass is 9.91. The Morgan fingerprint density at radius 2 is 1.64 bits per heavy atom. The number of ketones is 2. The predicted molar refractivity (Wildman–Crippen MR) is 157 cm³/mol. The van der Waals surface area contributed by atoms with Crippen LogP contribution < -0.4 is 15.8 Å². The van der Waals surface area contributed by atoms with Crippen LogP contribution in [0.15, 0.2) is 60.7 Å². The van der Waals surface area contributed by atoms with Crippen molar-refractivity contribution in [2.75, 3.05) is 0 Å². The van der Waals surface area contributed by atoms with Crippen LogP contribution in [0.25, 0.3) is 16.6 Å². The minimum absolute atomic E-state index is 0.122. The molecule has 2 aromatic heterocycles. The van der Waals surface area contributed by atoms with Gasteiger partial charge in [0.15, 0.2) is 11.5 Å². The van der Waals surface area contributed by atoms with E-state index in [0.29, 0.717) is 11.6 Å². The number of nitrogens with one attached hydrogen (secondary N) is 1. The summed E-state index contributed by atoms with van der Waals surface area (Å²) >= 11 is 0. The topological polar surface area (TPSA) is 159 Å². The first kappa shape index (κ1) is 32.9. The maximum atomic E-state index is 14.1. The summed E-state index contributed by atoms with van der Waals surface area (Å²) in [6.45, 7) is 4.92. The predicted octanol–water partition coefficient (Wildman–Crippen LogP) is 3.83. The Labute approximate surface area is 255 Å². The number of ether oxygens (including phenoxy) is 1. The molecule has 0 spiro atoms. The van der Waals surface area contributed by atoms with Crippen molar-refractivity contribution in [1.82, 2.24) is 19.7 Å². The van der Waals surface area contributed by atoms with Crippen LogP contribution in [0.4, 0.5) is 13.2 Å². The fraction of sp³-hybridized carbons (Fsp3) is 0.323. The van der Waals surface area contributed by atoms with E-state index >= 15 is 0 Å². The molecule has 3 atom stereocenters. The molecule has 0 radical (unpaired) electrons. The van der Waals surface area contributed by atoms with Crippen LogP contribution in [0.2, 0.25) is 0 Å². The number of aliphatic carboxylic acids is 1. The first-order valence-electron chi connectivity index (χ1n) is 13.9. The van der Waals surface area contributed by atoms with Crippen LogP contribution in [0.1, 0.15) is 42.0 Å². The van der Waals surface area contributed by atoms with E-state index in [-0.39, 0.29) is 11.4 Å². The molecule has 0 aliphatic rings. The Hall–Kier alpha value is -4.98. The van der Waals surface area contributed by atoms with E-state index < -0.39 is 71.7 Å². The Bertz CT molecular complexity index is 1710. The molecule has 0 aliphatic carbocycles. The van der Waals surface area contributed by atoms with Crippen molar-refractivity contribution in [2.24, 2.45) is 18.7 Å². The molecule has 0 saturated heterocycles. The highest BCUT2D eigenvalue weighted by Crippen LogP contribution is 2.33. The molecule has 45 heavy (non-hydrogen) atoms. The average molecular weight is 628 g/mol. The van der Waals surface area contributed by atoms with E-state index in [2.05, 4.69) is 10.4 Å². The van der Waals surface area contributed by atoms with E-state index in [1.807, 2.05) is 24.3 Å². The summed E-state index contributed by atoms with van der Waals surface area (Å²) in [5.41, 5.74) is 6.23. The number of amides is 1. The number of Topliss-reactive ketones (excluding diaryl/α,β-unsaturated/α-hetero) is 2. The van der Waals surface area contributed by atoms with Gasteiger partial charge in [-0.15, -0.1) is 0 Å². The largest absolute Gasteiger partial charge is 0.481 e. The number of carboxylic acid groups (broad SMARTS) is 1. The molecule has 0 saturated carbocycles. The zero-order valence-corrected chi connectivity index (χ0v) is 24.8. The number of rotatable bonds is 12. The summed E-state index contributed by atoms with van der Waals surface area (Å²) in [7, 11) is 1.68. The minimum atomic E-state index is -4.91. The summed E-state index contributed by atoms with van der Waals surface area (Å²) in [5, 5.41) is 16.3. The number of aromatic nitrogens is 3. The van der Waals surface area contributed by atoms with Crippen LogP contribution in [0, 0.1) is 12.8 Å². The third-order valence-corrected chi connectivity index (χ3v) is 7.32. The number of carboxylic acids is 1. The quantitative estimate of drug-likeness (QED) is 0.200. The number of nitrogens with two attached hydrogens (primary N) is 1. The molecule has 4 aromatic rings. The normalized spacial score (nSPS) is 13.8. The molecule has 2 unspecified atom stereocenters. The van der Waals surface area contributed by atoms with Gasteiger partial charge in [-0.05, 0) is 36.6 Å². The molecule has 4 N–H and O–H groups in total. The van der Waals surface area contributed by atoms with Gasteiger partial charge in [0, 0.05) is 24.0 Å². The van der Waals surface area contributed by atoms with Crippen molar-refractivity contribution >= 4 is 34.3 Å². The number of benzene rings is 2. The number of fused-ring (bicyclic) bond motifs is 1. The molecular weight excluding hydrogens is 595 g/mol. The monoisotopic (exact) mass is 627 g/mol. The number of alkyl halides is 3. The third-order valence-electron chi connectivity index (χ3n) is 7.32. The van der Waals surface area contributed by atoms with Crippen molar-refractivity contribution in [3.8, 4) is 11.6 Å². The van der Waals surface area contributed by atoms with Gasteiger partial charge in [0.25, 0.3) is 5.91 Å². The fourth-order valence-corrected chi connectivity index (χ4v) is 5.05. The number of halogens is 3. The Morgan fingerprint density at radius 1 is 1.02 bits per heavy atom. The van der Waals surface area contributed by atoms with E-state index in [1.54, 1.807) is 38.5 Å². The number of hydrogen-bond acceptors (Lipinski definition) is 7. The van der Waals surface area contributed by atoms with Gasteiger partial charge in [-0.3, -0.25) is 19.2 Å². The van der Waals surface area contributed by atoms with E-state index in [9.17, 15) is 37.5 Å². The highest BCUT2D eigenvalue weighted by atomic mass is 19.4. The zero-order chi connectivity index (χ0) is 33.2. The van der Waals surface area contributed by atoms with Crippen LogP contribution in [0.3, 0.4) is 0 Å². The van der Waals surface area contributed by atoms with Gasteiger partial charge in [-0.2, -0.15) is 18.3 Å². The zero-order valence-electron chi connectivity index (χ0n) is 24.8. The maximum Gasteiger partial charge on any atom is 0.435 e. The van der Waals surface area contributed by atoms with Gasteiger partial charge in [0.2, 0.25) is 17.8 Å². The van der Waals surface area contributed by atoms with Crippen LogP contribution in [-0.2, 0) is 27.6 Å². The number of para-hydroxylation sites is 2. The molecule has 0 fully saturated rings. The summed E-state index contributed by atoms with van der Waals surface area (Å²) in [4.78, 5) is 52.5. The second-order valence-corrected chi connectivity index (χ2v) is 10.9. The third kappa shape index (κ3) is 6.90. The van der Waals surface area contributed by atoms with Crippen LogP contribution >= 0.6 is 0 Å². The van der Waals surface area contributed by atoms with Gasteiger partial charge in [0.1, 0.15) is 5.69 Å². The van der Waals surface area contributed by atoms with Crippen molar-refractivity contribution < 1.29 is 42.2 Å². The lowest BCUT2D eigenvalue weighted by molar-refractivity contribution is -0.144. The molecular formula is C31H32F3N5O6. The number of nitrogens with zero attached hydrogens (tertiary/aromatic N) is 3. The van der Waals surface area contributed by atoms with E-state index in [0.717, 1.165) is 15.6 Å². The molecule has 1 amide bonds. The summed E-state index contributed by atoms with van der Waals surface area (Å²) in [6, 6.07) is 12.2. The van der Waals surface area contributed by atoms with E-state index in [1.165, 1.54) is 24.3 Å². The molecule has 4 rings (SSSR count). The summed E-state index contributed by atoms with van der Waals surface area (Å²) in [5.74, 6) is -5.59. The molecule has 14 heteroatoms. The SMILES string of the molecule is Cc1c(C(=O)N[C@H](C(=O)C(Oc2cc(C(F)(F)F)nn2-c2ccccc2)C(=O)C(N)CC(=O)O)C(C)C)n(C)c2ccccc12.